The van der Waals surface area contributed by atoms with Crippen molar-refractivity contribution in [1.29, 1.82) is 0 Å². The number of halogens is 1. The Labute approximate surface area is 106 Å². The average molecular weight is 251 g/mol. The van der Waals surface area contributed by atoms with Crippen molar-refractivity contribution in [2.45, 2.75) is 31.2 Å². The van der Waals surface area contributed by atoms with Gasteiger partial charge in [0, 0.05) is 6.54 Å². The van der Waals surface area contributed by atoms with Crippen LogP contribution in [0.25, 0.3) is 0 Å². The van der Waals surface area contributed by atoms with Crippen LogP contribution in [0.2, 0.25) is 0 Å². The molecule has 1 aromatic carbocycles. The summed E-state index contributed by atoms with van der Waals surface area (Å²) >= 11 is 0. The highest BCUT2D eigenvalue weighted by atomic mass is 19.1. The largest absolute Gasteiger partial charge is 0.331 e. The van der Waals surface area contributed by atoms with Crippen LogP contribution in [-0.4, -0.2) is 18.1 Å². The molecule has 2 amide bonds. The summed E-state index contributed by atoms with van der Waals surface area (Å²) in [5.41, 5.74) is 5.58. The monoisotopic (exact) mass is 251 g/mol. The van der Waals surface area contributed by atoms with Crippen molar-refractivity contribution in [3.63, 3.8) is 0 Å². The lowest BCUT2D eigenvalue weighted by atomic mass is 9.98. The first-order chi connectivity index (χ1) is 8.65. The van der Waals surface area contributed by atoms with Gasteiger partial charge < -0.3 is 16.4 Å². The zero-order chi connectivity index (χ0) is 13.0. The summed E-state index contributed by atoms with van der Waals surface area (Å²) in [5.74, 6) is -0.444. The molecule has 0 atom stereocenters. The zero-order valence-corrected chi connectivity index (χ0v) is 10.2. The fraction of sp³-hybridized carbons (Fsp3) is 0.462. The number of nitrogens with one attached hydrogen (secondary N) is 2. The number of urea groups is 1. The molecular weight excluding hydrogens is 233 g/mol. The number of nitrogens with two attached hydrogens (primary N) is 1. The molecule has 0 aliphatic heterocycles. The number of benzene rings is 1. The molecule has 4 N–H and O–H groups in total. The average Bonchev–Trinajstić information content (AvgIpc) is 2.81. The smallest absolute Gasteiger partial charge is 0.319 e. The van der Waals surface area contributed by atoms with E-state index in [4.69, 9.17) is 5.73 Å². The first-order valence-corrected chi connectivity index (χ1v) is 6.19. The van der Waals surface area contributed by atoms with Gasteiger partial charge in [-0.3, -0.25) is 0 Å². The van der Waals surface area contributed by atoms with E-state index < -0.39 is 11.8 Å². The molecule has 0 aromatic heterocycles. The van der Waals surface area contributed by atoms with Crippen LogP contribution >= 0.6 is 0 Å². The fourth-order valence-electron chi connectivity index (χ4n) is 2.39. The van der Waals surface area contributed by atoms with Gasteiger partial charge in [-0.15, -0.1) is 0 Å². The Balaban J connectivity index is 1.98. The van der Waals surface area contributed by atoms with Gasteiger partial charge in [-0.05, 0) is 25.0 Å². The molecule has 0 bridgehead atoms. The summed E-state index contributed by atoms with van der Waals surface area (Å²) in [6, 6.07) is 5.69. The number of hydrogen-bond acceptors (Lipinski definition) is 2. The molecule has 0 heterocycles. The normalized spacial score (nSPS) is 17.4. The van der Waals surface area contributed by atoms with E-state index in [1.165, 1.54) is 12.1 Å². The Morgan fingerprint density at radius 3 is 2.61 bits per heavy atom. The summed E-state index contributed by atoms with van der Waals surface area (Å²) in [6.07, 6.45) is 3.90. The Morgan fingerprint density at radius 1 is 1.33 bits per heavy atom. The third-order valence-corrected chi connectivity index (χ3v) is 3.45. The van der Waals surface area contributed by atoms with Crippen LogP contribution in [-0.2, 0) is 0 Å². The molecule has 98 valence electrons. The molecule has 1 aliphatic carbocycles. The molecule has 1 aromatic rings. The summed E-state index contributed by atoms with van der Waals surface area (Å²) in [7, 11) is 0. The molecule has 4 nitrogen and oxygen atoms in total. The number of para-hydroxylation sites is 1. The summed E-state index contributed by atoms with van der Waals surface area (Å²) < 4.78 is 13.4. The van der Waals surface area contributed by atoms with E-state index in [1.807, 2.05) is 0 Å². The Kier molecular flexibility index (Phi) is 3.81. The lowest BCUT2D eigenvalue weighted by molar-refractivity contribution is 0.237. The van der Waals surface area contributed by atoms with Gasteiger partial charge in [0.15, 0.2) is 0 Å². The standard InChI is InChI=1S/C13H18FN3O/c14-10-5-1-2-6-11(10)16-12(18)17-13(9-15)7-3-4-8-13/h1-2,5-6H,3-4,7-9,15H2,(H2,16,17,18). The van der Waals surface area contributed by atoms with E-state index in [9.17, 15) is 9.18 Å². The molecule has 1 saturated carbocycles. The van der Waals surface area contributed by atoms with Crippen molar-refractivity contribution in [2.24, 2.45) is 5.73 Å². The van der Waals surface area contributed by atoms with Gasteiger partial charge in [0.2, 0.25) is 0 Å². The van der Waals surface area contributed by atoms with Gasteiger partial charge in [-0.2, -0.15) is 0 Å². The van der Waals surface area contributed by atoms with Crippen molar-refractivity contribution >= 4 is 11.7 Å². The van der Waals surface area contributed by atoms with Crippen LogP contribution in [0.5, 0.6) is 0 Å². The van der Waals surface area contributed by atoms with Gasteiger partial charge in [0.05, 0.1) is 11.2 Å². The van der Waals surface area contributed by atoms with Crippen molar-refractivity contribution in [2.75, 3.05) is 11.9 Å². The van der Waals surface area contributed by atoms with E-state index in [0.717, 1.165) is 25.7 Å². The molecule has 18 heavy (non-hydrogen) atoms. The maximum atomic E-state index is 13.4. The molecule has 1 aliphatic rings. The molecule has 0 radical (unpaired) electrons. The lowest BCUT2D eigenvalue weighted by Crippen LogP contribution is -2.53. The lowest BCUT2D eigenvalue weighted by Gasteiger charge is -2.28. The van der Waals surface area contributed by atoms with Gasteiger partial charge in [0.1, 0.15) is 5.82 Å². The third kappa shape index (κ3) is 2.79. The third-order valence-electron chi connectivity index (χ3n) is 3.45. The second-order valence-corrected chi connectivity index (χ2v) is 4.75. The maximum Gasteiger partial charge on any atom is 0.319 e. The maximum absolute atomic E-state index is 13.4. The van der Waals surface area contributed by atoms with E-state index in [1.54, 1.807) is 12.1 Å². The molecule has 0 saturated heterocycles. The molecular formula is C13H18FN3O. The molecule has 5 heteroatoms. The minimum atomic E-state index is -0.444. The highest BCUT2D eigenvalue weighted by molar-refractivity contribution is 5.89. The van der Waals surface area contributed by atoms with E-state index in [2.05, 4.69) is 10.6 Å². The molecule has 0 spiro atoms. The topological polar surface area (TPSA) is 67.1 Å². The van der Waals surface area contributed by atoms with Crippen LogP contribution in [0.15, 0.2) is 24.3 Å². The summed E-state index contributed by atoms with van der Waals surface area (Å²) in [4.78, 5) is 11.8. The second-order valence-electron chi connectivity index (χ2n) is 4.75. The van der Waals surface area contributed by atoms with E-state index in [-0.39, 0.29) is 11.2 Å². The Morgan fingerprint density at radius 2 is 2.00 bits per heavy atom. The minimum Gasteiger partial charge on any atom is -0.331 e. The number of anilines is 1. The molecule has 2 rings (SSSR count). The van der Waals surface area contributed by atoms with Crippen LogP contribution in [0.4, 0.5) is 14.9 Å². The summed E-state index contributed by atoms with van der Waals surface area (Å²) in [5, 5.41) is 5.39. The first kappa shape index (κ1) is 12.8. The number of carbonyl (C=O) groups is 1. The predicted molar refractivity (Wildman–Crippen MR) is 68.8 cm³/mol. The minimum absolute atomic E-state index is 0.181. The SMILES string of the molecule is NCC1(NC(=O)Nc2ccccc2F)CCCC1. The van der Waals surface area contributed by atoms with E-state index >= 15 is 0 Å². The van der Waals surface area contributed by atoms with Gasteiger partial charge in [0.25, 0.3) is 0 Å². The van der Waals surface area contributed by atoms with Gasteiger partial charge in [-0.25, -0.2) is 9.18 Å². The number of rotatable bonds is 3. The number of amides is 2. The Hall–Kier alpha value is -1.62. The van der Waals surface area contributed by atoms with Gasteiger partial charge in [-0.1, -0.05) is 25.0 Å². The summed E-state index contributed by atoms with van der Waals surface area (Å²) in [6.45, 7) is 0.414. The zero-order valence-electron chi connectivity index (χ0n) is 10.2. The number of carbonyl (C=O) groups excluding carboxylic acids is 1. The highest BCUT2D eigenvalue weighted by Crippen LogP contribution is 2.28. The first-order valence-electron chi connectivity index (χ1n) is 6.19. The highest BCUT2D eigenvalue weighted by Gasteiger charge is 2.33. The van der Waals surface area contributed by atoms with E-state index in [0.29, 0.717) is 6.54 Å². The van der Waals surface area contributed by atoms with Gasteiger partial charge >= 0.3 is 6.03 Å². The molecule has 0 unspecified atom stereocenters. The van der Waals surface area contributed by atoms with Crippen molar-refractivity contribution in [3.05, 3.63) is 30.1 Å². The Bertz CT molecular complexity index is 430. The van der Waals surface area contributed by atoms with Crippen molar-refractivity contribution < 1.29 is 9.18 Å². The quantitative estimate of drug-likeness (QED) is 0.771. The number of hydrogen-bond donors (Lipinski definition) is 3. The van der Waals surface area contributed by atoms with Crippen LogP contribution in [0.1, 0.15) is 25.7 Å². The van der Waals surface area contributed by atoms with Crippen LogP contribution < -0.4 is 16.4 Å². The van der Waals surface area contributed by atoms with Crippen LogP contribution in [0, 0.1) is 5.82 Å². The predicted octanol–water partition coefficient (Wildman–Crippen LogP) is 2.22. The van der Waals surface area contributed by atoms with Crippen molar-refractivity contribution in [1.82, 2.24) is 5.32 Å². The second kappa shape index (κ2) is 5.35. The fourth-order valence-corrected chi connectivity index (χ4v) is 2.39. The molecule has 1 fully saturated rings. The van der Waals surface area contributed by atoms with Crippen molar-refractivity contribution in [3.8, 4) is 0 Å². The van der Waals surface area contributed by atoms with Crippen LogP contribution in [0.3, 0.4) is 0 Å².